The zero-order valence-electron chi connectivity index (χ0n) is 17.9. The molecule has 2 aromatic rings. The third-order valence-electron chi connectivity index (χ3n) is 4.72. The van der Waals surface area contributed by atoms with Gasteiger partial charge in [0.15, 0.2) is 5.82 Å². The number of ether oxygens (including phenoxy) is 1. The molecule has 1 N–H and O–H groups in total. The van der Waals surface area contributed by atoms with Gasteiger partial charge in [-0.25, -0.2) is 15.0 Å². The Morgan fingerprint density at radius 2 is 1.74 bits per heavy atom. The van der Waals surface area contributed by atoms with Crippen LogP contribution < -0.4 is 15.0 Å². The number of hydrogen-bond acceptors (Lipinski definition) is 6. The molecule has 0 aliphatic rings. The fraction of sp³-hybridized carbons (Fsp3) is 0.571. The van der Waals surface area contributed by atoms with Crippen molar-refractivity contribution in [3.05, 3.63) is 23.5 Å². The van der Waals surface area contributed by atoms with Gasteiger partial charge in [-0.1, -0.05) is 27.7 Å². The van der Waals surface area contributed by atoms with Crippen LogP contribution in [0.25, 0.3) is 11.3 Å². The molecule has 0 saturated heterocycles. The summed E-state index contributed by atoms with van der Waals surface area (Å²) in [5, 5.41) is 3.45. The molecule has 27 heavy (non-hydrogen) atoms. The summed E-state index contributed by atoms with van der Waals surface area (Å²) in [5.74, 6) is 2.47. The number of nitrogens with one attached hydrogen (secondary N) is 1. The first kappa shape index (κ1) is 20.9. The summed E-state index contributed by atoms with van der Waals surface area (Å²) in [7, 11) is 5.63. The van der Waals surface area contributed by atoms with Gasteiger partial charge in [0.2, 0.25) is 0 Å². The first-order chi connectivity index (χ1) is 12.8. The van der Waals surface area contributed by atoms with Crippen molar-refractivity contribution < 1.29 is 4.74 Å². The van der Waals surface area contributed by atoms with Gasteiger partial charge in [0, 0.05) is 31.4 Å². The van der Waals surface area contributed by atoms with Crippen LogP contribution in [-0.4, -0.2) is 42.2 Å². The van der Waals surface area contributed by atoms with E-state index in [9.17, 15) is 0 Å². The van der Waals surface area contributed by atoms with Crippen LogP contribution in [-0.2, 0) is 0 Å². The molecule has 2 rings (SSSR count). The van der Waals surface area contributed by atoms with E-state index in [4.69, 9.17) is 19.7 Å². The Kier molecular flexibility index (Phi) is 6.99. The predicted molar refractivity (Wildman–Crippen MR) is 113 cm³/mol. The molecule has 0 aliphatic carbocycles. The Morgan fingerprint density at radius 1 is 1.07 bits per heavy atom. The number of aromatic nitrogens is 3. The normalized spacial score (nSPS) is 11.2. The van der Waals surface area contributed by atoms with Gasteiger partial charge in [0.05, 0.1) is 18.5 Å². The molecule has 2 heterocycles. The summed E-state index contributed by atoms with van der Waals surface area (Å²) < 4.78 is 5.54. The van der Waals surface area contributed by atoms with Crippen molar-refractivity contribution >= 4 is 11.6 Å². The number of aryl methyl sites for hydroxylation is 1. The van der Waals surface area contributed by atoms with Crippen LogP contribution in [0.2, 0.25) is 0 Å². The van der Waals surface area contributed by atoms with Gasteiger partial charge < -0.3 is 15.0 Å². The molecule has 0 aliphatic heterocycles. The van der Waals surface area contributed by atoms with Gasteiger partial charge in [-0.15, -0.1) is 0 Å². The van der Waals surface area contributed by atoms with Crippen LogP contribution in [0.15, 0.2) is 12.1 Å². The lowest BCUT2D eigenvalue weighted by Gasteiger charge is -2.21. The summed E-state index contributed by atoms with van der Waals surface area (Å²) in [5.41, 5.74) is 3.67. The molecule has 0 unspecified atom stereocenters. The van der Waals surface area contributed by atoms with E-state index in [0.29, 0.717) is 23.7 Å². The van der Waals surface area contributed by atoms with Gasteiger partial charge >= 0.3 is 0 Å². The average molecular weight is 372 g/mol. The van der Waals surface area contributed by atoms with E-state index in [0.717, 1.165) is 41.3 Å². The highest BCUT2D eigenvalue weighted by Crippen LogP contribution is 2.33. The molecular weight excluding hydrogens is 338 g/mol. The van der Waals surface area contributed by atoms with E-state index in [1.165, 1.54) is 0 Å². The molecule has 148 valence electrons. The lowest BCUT2D eigenvalue weighted by Crippen LogP contribution is -2.19. The Bertz CT molecular complexity index is 769. The molecule has 0 aromatic carbocycles. The molecular formula is C21H33N5O. The smallest absolute Gasteiger partial charge is 0.257 e. The third kappa shape index (κ3) is 4.67. The van der Waals surface area contributed by atoms with Crippen LogP contribution in [0.4, 0.5) is 11.6 Å². The van der Waals surface area contributed by atoms with Crippen LogP contribution in [0.1, 0.15) is 57.8 Å². The molecule has 6 nitrogen and oxygen atoms in total. The Balaban J connectivity index is 2.56. The summed E-state index contributed by atoms with van der Waals surface area (Å²) in [6.07, 6.45) is 2.04. The van der Waals surface area contributed by atoms with Crippen molar-refractivity contribution in [3.8, 4) is 17.1 Å². The average Bonchev–Trinajstić information content (AvgIpc) is 2.65. The van der Waals surface area contributed by atoms with E-state index >= 15 is 0 Å². The molecule has 0 spiro atoms. The summed E-state index contributed by atoms with van der Waals surface area (Å²) in [4.78, 5) is 16.4. The Hall–Kier alpha value is -2.37. The maximum absolute atomic E-state index is 5.54. The molecule has 0 atom stereocenters. The molecule has 0 fully saturated rings. The second-order valence-corrected chi connectivity index (χ2v) is 7.33. The van der Waals surface area contributed by atoms with Gasteiger partial charge in [-0.05, 0) is 37.8 Å². The summed E-state index contributed by atoms with van der Waals surface area (Å²) >= 11 is 0. The Morgan fingerprint density at radius 3 is 2.26 bits per heavy atom. The lowest BCUT2D eigenvalue weighted by molar-refractivity contribution is 0.397. The highest BCUT2D eigenvalue weighted by molar-refractivity contribution is 5.76. The largest absolute Gasteiger partial charge is 0.478 e. The second kappa shape index (κ2) is 9.02. The van der Waals surface area contributed by atoms with E-state index in [2.05, 4.69) is 45.1 Å². The van der Waals surface area contributed by atoms with Gasteiger partial charge in [-0.3, -0.25) is 0 Å². The number of methoxy groups -OCH3 is 1. The van der Waals surface area contributed by atoms with Crippen molar-refractivity contribution in [3.63, 3.8) is 0 Å². The van der Waals surface area contributed by atoms with E-state index < -0.39 is 0 Å². The van der Waals surface area contributed by atoms with Crippen LogP contribution in [0.3, 0.4) is 0 Å². The number of nitrogens with zero attached hydrogens (tertiary/aromatic N) is 4. The molecule has 0 amide bonds. The number of anilines is 2. The minimum Gasteiger partial charge on any atom is -0.478 e. The SMILES string of the molecule is CCC(CC)Nc1nc(C)c(-c2ccc(C(C)C)nc2N(C)C)nc1OC. The van der Waals surface area contributed by atoms with Crippen LogP contribution in [0, 0.1) is 6.92 Å². The maximum Gasteiger partial charge on any atom is 0.257 e. The topological polar surface area (TPSA) is 63.2 Å². The number of pyridine rings is 1. The molecule has 0 radical (unpaired) electrons. The van der Waals surface area contributed by atoms with Crippen molar-refractivity contribution in [2.75, 3.05) is 31.4 Å². The highest BCUT2D eigenvalue weighted by Gasteiger charge is 2.19. The van der Waals surface area contributed by atoms with E-state index in [1.54, 1.807) is 7.11 Å². The second-order valence-electron chi connectivity index (χ2n) is 7.33. The zero-order chi connectivity index (χ0) is 20.1. The van der Waals surface area contributed by atoms with Gasteiger partial charge in [-0.2, -0.15) is 0 Å². The van der Waals surface area contributed by atoms with E-state index in [1.807, 2.05) is 25.9 Å². The molecule has 0 saturated carbocycles. The molecule has 6 heteroatoms. The number of hydrogen-bond donors (Lipinski definition) is 1. The lowest BCUT2D eigenvalue weighted by atomic mass is 10.1. The minimum atomic E-state index is 0.350. The van der Waals surface area contributed by atoms with E-state index in [-0.39, 0.29) is 0 Å². The first-order valence-corrected chi connectivity index (χ1v) is 9.70. The van der Waals surface area contributed by atoms with Crippen molar-refractivity contribution in [2.45, 2.75) is 59.4 Å². The zero-order valence-corrected chi connectivity index (χ0v) is 17.9. The fourth-order valence-electron chi connectivity index (χ4n) is 2.99. The van der Waals surface area contributed by atoms with Crippen molar-refractivity contribution in [2.24, 2.45) is 0 Å². The maximum atomic E-state index is 5.54. The quantitative estimate of drug-likeness (QED) is 0.729. The monoisotopic (exact) mass is 371 g/mol. The van der Waals surface area contributed by atoms with Crippen LogP contribution in [0.5, 0.6) is 5.88 Å². The number of rotatable bonds is 8. The summed E-state index contributed by atoms with van der Waals surface area (Å²) in [6, 6.07) is 4.50. The molecule has 0 bridgehead atoms. The fourth-order valence-corrected chi connectivity index (χ4v) is 2.99. The van der Waals surface area contributed by atoms with Gasteiger partial charge in [0.1, 0.15) is 5.82 Å². The first-order valence-electron chi connectivity index (χ1n) is 9.70. The summed E-state index contributed by atoms with van der Waals surface area (Å²) in [6.45, 7) is 10.6. The highest BCUT2D eigenvalue weighted by atomic mass is 16.5. The standard InChI is InChI=1S/C21H33N5O/c1-9-15(10-2)23-19-21(27-8)25-18(14(5)22-19)16-11-12-17(13(3)4)24-20(16)26(6)7/h11-13,15H,9-10H2,1-8H3,(H,22,23). The third-order valence-corrected chi connectivity index (χ3v) is 4.72. The van der Waals surface area contributed by atoms with Crippen molar-refractivity contribution in [1.29, 1.82) is 0 Å². The van der Waals surface area contributed by atoms with Crippen LogP contribution >= 0.6 is 0 Å². The van der Waals surface area contributed by atoms with Crippen molar-refractivity contribution in [1.82, 2.24) is 15.0 Å². The Labute approximate surface area is 163 Å². The van der Waals surface area contributed by atoms with Gasteiger partial charge in [0.25, 0.3) is 5.88 Å². The minimum absolute atomic E-state index is 0.350. The predicted octanol–water partition coefficient (Wildman–Crippen LogP) is 4.65. The molecule has 2 aromatic heterocycles.